The largest absolute Gasteiger partial charge is 0.440 e. The summed E-state index contributed by atoms with van der Waals surface area (Å²) >= 11 is 0. The second-order valence-corrected chi connectivity index (χ2v) is 13.7. The fourth-order valence-electron chi connectivity index (χ4n) is 5.46. The molecule has 49 heavy (non-hydrogen) atoms. The number of nitrogens with one attached hydrogen (secondary N) is 4. The van der Waals surface area contributed by atoms with Crippen molar-refractivity contribution in [3.8, 4) is 0 Å². The molecular weight excluding hydrogens is 640 g/mol. The van der Waals surface area contributed by atoms with Crippen LogP contribution in [0.25, 0.3) is 0 Å². The molecule has 266 valence electrons. The molecule has 3 unspecified atom stereocenters. The number of piperidine rings is 1. The molecule has 14 heteroatoms. The summed E-state index contributed by atoms with van der Waals surface area (Å²) in [7, 11) is 0. The molecule has 1 aliphatic heterocycles. The predicted octanol–water partition coefficient (Wildman–Crippen LogP) is 3.95. The Bertz CT molecular complexity index is 1510. The summed E-state index contributed by atoms with van der Waals surface area (Å²) in [6.45, 7) is 10.8. The molecule has 1 fully saturated rings. The highest BCUT2D eigenvalue weighted by Crippen LogP contribution is 2.23. The first-order chi connectivity index (χ1) is 23.0. The van der Waals surface area contributed by atoms with Crippen molar-refractivity contribution in [3.63, 3.8) is 0 Å². The van der Waals surface area contributed by atoms with Crippen molar-refractivity contribution in [1.82, 2.24) is 26.3 Å². The maximum absolute atomic E-state index is 13.9. The van der Waals surface area contributed by atoms with Crippen LogP contribution in [0.4, 0.5) is 13.6 Å². The summed E-state index contributed by atoms with van der Waals surface area (Å²) in [4.78, 5) is 83.7. The van der Waals surface area contributed by atoms with E-state index in [0.29, 0.717) is 43.3 Å². The maximum atomic E-state index is 13.9. The molecule has 4 N–H and O–H groups in total. The topological polar surface area (TPSA) is 173 Å². The Morgan fingerprint density at radius 2 is 1.61 bits per heavy atom. The van der Waals surface area contributed by atoms with Crippen LogP contribution in [0.15, 0.2) is 42.6 Å². The van der Waals surface area contributed by atoms with Gasteiger partial charge in [0.25, 0.3) is 0 Å². The minimum absolute atomic E-state index is 0.101. The summed E-state index contributed by atoms with van der Waals surface area (Å²) in [6.07, 6.45) is 0.771. The molecule has 0 radical (unpaired) electrons. The van der Waals surface area contributed by atoms with Crippen molar-refractivity contribution in [2.75, 3.05) is 6.54 Å². The highest BCUT2D eigenvalue weighted by atomic mass is 19.1. The van der Waals surface area contributed by atoms with E-state index in [0.717, 1.165) is 0 Å². The van der Waals surface area contributed by atoms with Crippen molar-refractivity contribution >= 4 is 35.4 Å². The molecule has 2 heterocycles. The van der Waals surface area contributed by atoms with E-state index in [4.69, 9.17) is 4.74 Å². The number of carbonyl (C=O) groups excluding carboxylic acids is 6. The number of nitrogens with zero attached hydrogens (tertiary/aromatic N) is 1. The fraction of sp³-hybridized carbons (Fsp3) is 0.514. The van der Waals surface area contributed by atoms with Crippen LogP contribution in [0.5, 0.6) is 0 Å². The number of ketones is 2. The highest BCUT2D eigenvalue weighted by molar-refractivity contribution is 6.45. The predicted molar refractivity (Wildman–Crippen MR) is 175 cm³/mol. The molecule has 1 aromatic carbocycles. The number of Topliss-reactive ketones (excluding diaryl/α,β-unsaturated/α-hetero) is 2. The lowest BCUT2D eigenvalue weighted by Gasteiger charge is -2.32. The van der Waals surface area contributed by atoms with Crippen molar-refractivity contribution in [2.24, 2.45) is 17.3 Å². The maximum Gasteiger partial charge on any atom is 0.408 e. The van der Waals surface area contributed by atoms with Crippen LogP contribution in [0.2, 0.25) is 0 Å². The zero-order valence-corrected chi connectivity index (χ0v) is 28.6. The quantitative estimate of drug-likeness (QED) is 0.171. The minimum atomic E-state index is -1.55. The van der Waals surface area contributed by atoms with Crippen LogP contribution in [-0.2, 0) is 23.9 Å². The number of hydrogen-bond donors (Lipinski definition) is 4. The molecule has 12 nitrogen and oxygen atoms in total. The zero-order chi connectivity index (χ0) is 36.5. The number of pyridine rings is 1. The third kappa shape index (κ3) is 11.4. The smallest absolute Gasteiger partial charge is 0.408 e. The lowest BCUT2D eigenvalue weighted by atomic mass is 9.85. The zero-order valence-electron chi connectivity index (χ0n) is 28.6. The highest BCUT2D eigenvalue weighted by Gasteiger charge is 2.38. The summed E-state index contributed by atoms with van der Waals surface area (Å²) in [5, 5.41) is 10.5. The van der Waals surface area contributed by atoms with Crippen LogP contribution < -0.4 is 21.3 Å². The lowest BCUT2D eigenvalue weighted by molar-refractivity contribution is -0.133. The van der Waals surface area contributed by atoms with Crippen LogP contribution in [0, 0.1) is 28.9 Å². The van der Waals surface area contributed by atoms with E-state index in [1.54, 1.807) is 65.9 Å². The Balaban J connectivity index is 1.83. The van der Waals surface area contributed by atoms with Gasteiger partial charge in [-0.2, -0.15) is 0 Å². The molecule has 1 aromatic heterocycles. The molecule has 1 saturated heterocycles. The average Bonchev–Trinajstić information content (AvgIpc) is 3.02. The SMILES string of the molecule is CC(C)C[C@H](NC(=O)[C@@H](NC(=O)OC(C)c1ccccn1)C(C)(C)C)C(=O)NC(CC1CCCNC1=O)C(=O)C(=O)c1cc(F)cc(F)c1. The van der Waals surface area contributed by atoms with E-state index in [1.807, 2.05) is 0 Å². The van der Waals surface area contributed by atoms with Crippen molar-refractivity contribution in [1.29, 1.82) is 0 Å². The van der Waals surface area contributed by atoms with Gasteiger partial charge in [-0.05, 0) is 68.2 Å². The Morgan fingerprint density at radius 3 is 2.18 bits per heavy atom. The number of amides is 4. The van der Waals surface area contributed by atoms with Gasteiger partial charge in [0.2, 0.25) is 29.3 Å². The third-order valence-corrected chi connectivity index (χ3v) is 8.02. The number of hydrogen-bond acceptors (Lipinski definition) is 8. The second kappa shape index (κ2) is 17.1. The number of benzene rings is 1. The van der Waals surface area contributed by atoms with E-state index >= 15 is 0 Å². The minimum Gasteiger partial charge on any atom is -0.440 e. The molecule has 4 amide bonds. The van der Waals surface area contributed by atoms with Gasteiger partial charge in [0.15, 0.2) is 0 Å². The van der Waals surface area contributed by atoms with Gasteiger partial charge in [-0.3, -0.25) is 29.0 Å². The van der Waals surface area contributed by atoms with Gasteiger partial charge in [-0.1, -0.05) is 40.7 Å². The Labute approximate surface area is 284 Å². The van der Waals surface area contributed by atoms with Gasteiger partial charge in [-0.25, -0.2) is 13.6 Å². The molecule has 5 atom stereocenters. The molecule has 0 bridgehead atoms. The van der Waals surface area contributed by atoms with Crippen molar-refractivity contribution in [3.05, 3.63) is 65.5 Å². The van der Waals surface area contributed by atoms with E-state index < -0.39 is 82.2 Å². The lowest BCUT2D eigenvalue weighted by Crippen LogP contribution is -2.59. The Morgan fingerprint density at radius 1 is 0.959 bits per heavy atom. The number of halogens is 2. The summed E-state index contributed by atoms with van der Waals surface area (Å²) in [5.74, 6) is -7.34. The standard InChI is InChI=1S/C35H45F2N5O7/c1-19(2)14-27(41-33(47)30(35(4,5)6)42-34(48)49-20(3)25-11-7-8-12-38-25)32(46)40-26(17-21-10-9-13-39-31(21)45)29(44)28(43)22-15-23(36)18-24(37)16-22/h7-8,11-12,15-16,18-21,26-27,30H,9-10,13-14,17H2,1-6H3,(H,39,45)(H,40,46)(H,41,47)(H,42,48)/t20?,21?,26?,27-,30+/m0/s1. The number of aromatic nitrogens is 1. The number of rotatable bonds is 14. The molecule has 0 aliphatic carbocycles. The van der Waals surface area contributed by atoms with Gasteiger partial charge in [-0.15, -0.1) is 0 Å². The molecular formula is C35H45F2N5O7. The molecule has 0 spiro atoms. The normalized spacial score (nSPS) is 17.2. The van der Waals surface area contributed by atoms with E-state index in [9.17, 15) is 37.5 Å². The Kier molecular flexibility index (Phi) is 13.5. The molecule has 1 aliphatic rings. The van der Waals surface area contributed by atoms with Crippen LogP contribution in [0.1, 0.15) is 89.4 Å². The second-order valence-electron chi connectivity index (χ2n) is 13.7. The fourth-order valence-corrected chi connectivity index (χ4v) is 5.46. The van der Waals surface area contributed by atoms with Gasteiger partial charge in [0.05, 0.1) is 11.7 Å². The van der Waals surface area contributed by atoms with Gasteiger partial charge in [0.1, 0.15) is 29.8 Å². The molecule has 2 aromatic rings. The van der Waals surface area contributed by atoms with Crippen LogP contribution in [0.3, 0.4) is 0 Å². The molecule has 0 saturated carbocycles. The van der Waals surface area contributed by atoms with Gasteiger partial charge >= 0.3 is 6.09 Å². The summed E-state index contributed by atoms with van der Waals surface area (Å²) < 4.78 is 33.2. The third-order valence-electron chi connectivity index (χ3n) is 8.02. The Hall–Kier alpha value is -4.75. The van der Waals surface area contributed by atoms with Crippen LogP contribution in [-0.4, -0.2) is 65.0 Å². The average molecular weight is 686 g/mol. The van der Waals surface area contributed by atoms with E-state index in [-0.39, 0.29) is 24.7 Å². The summed E-state index contributed by atoms with van der Waals surface area (Å²) in [6, 6.07) is 3.14. The first kappa shape index (κ1) is 38.7. The van der Waals surface area contributed by atoms with Gasteiger partial charge in [0, 0.05) is 30.3 Å². The number of alkyl carbamates (subject to hydrolysis) is 1. The van der Waals surface area contributed by atoms with E-state index in [2.05, 4.69) is 26.3 Å². The van der Waals surface area contributed by atoms with Gasteiger partial charge < -0.3 is 26.0 Å². The monoisotopic (exact) mass is 685 g/mol. The first-order valence-corrected chi connectivity index (χ1v) is 16.3. The van der Waals surface area contributed by atoms with Crippen molar-refractivity contribution < 1.29 is 42.3 Å². The number of ether oxygens (including phenoxy) is 1. The number of carbonyl (C=O) groups is 6. The van der Waals surface area contributed by atoms with E-state index in [1.165, 1.54) is 0 Å². The van der Waals surface area contributed by atoms with Crippen LogP contribution >= 0.6 is 0 Å². The summed E-state index contributed by atoms with van der Waals surface area (Å²) in [5.41, 5.74) is -0.903. The van der Waals surface area contributed by atoms with Crippen molar-refractivity contribution in [2.45, 2.75) is 91.5 Å². The first-order valence-electron chi connectivity index (χ1n) is 16.3. The molecule has 3 rings (SSSR count).